The molecule has 1 aromatic rings. The summed E-state index contributed by atoms with van der Waals surface area (Å²) in [6.07, 6.45) is 1.67. The van der Waals surface area contributed by atoms with Crippen LogP contribution in [0.3, 0.4) is 0 Å². The molecule has 178 valence electrons. The number of hydrogen-bond acceptors (Lipinski definition) is 9. The number of thiazole rings is 1. The van der Waals surface area contributed by atoms with E-state index >= 15 is 0 Å². The lowest BCUT2D eigenvalue weighted by atomic mass is 9.72. The molecule has 0 aromatic carbocycles. The Morgan fingerprint density at radius 3 is 2.69 bits per heavy atom. The second kappa shape index (κ2) is 9.44. The fraction of sp³-hybridized carbons (Fsp3) is 0.727. The molecule has 0 spiro atoms. The average Bonchev–Trinajstić information content (AvgIpc) is 3.11. The van der Waals surface area contributed by atoms with Gasteiger partial charge in [-0.05, 0) is 54.0 Å². The van der Waals surface area contributed by atoms with Gasteiger partial charge in [0.15, 0.2) is 5.01 Å². The summed E-state index contributed by atoms with van der Waals surface area (Å²) in [5.41, 5.74) is 5.25. The number of carbonyl (C=O) groups excluding carboxylic acids is 3. The van der Waals surface area contributed by atoms with E-state index in [9.17, 15) is 14.4 Å². The quantitative estimate of drug-likeness (QED) is 0.628. The summed E-state index contributed by atoms with van der Waals surface area (Å²) in [6, 6.07) is -0.681. The van der Waals surface area contributed by atoms with E-state index in [0.717, 1.165) is 30.1 Å². The molecular weight excluding hydrogens is 432 g/mol. The van der Waals surface area contributed by atoms with Gasteiger partial charge in [0.2, 0.25) is 0 Å². The molecule has 0 saturated heterocycles. The van der Waals surface area contributed by atoms with Gasteiger partial charge in [-0.25, -0.2) is 9.78 Å². The second-order valence-electron chi connectivity index (χ2n) is 9.68. The summed E-state index contributed by atoms with van der Waals surface area (Å²) in [4.78, 5) is 46.3. The topological polar surface area (TPSA) is 124 Å². The van der Waals surface area contributed by atoms with Crippen molar-refractivity contribution in [1.82, 2.24) is 15.2 Å². The summed E-state index contributed by atoms with van der Waals surface area (Å²) < 4.78 is 10.7. The van der Waals surface area contributed by atoms with Crippen LogP contribution in [0.4, 0.5) is 0 Å². The van der Waals surface area contributed by atoms with Crippen LogP contribution in [0.2, 0.25) is 0 Å². The molecule has 1 aliphatic heterocycles. The molecule has 2 aliphatic rings. The molecule has 0 radical (unpaired) electrons. The zero-order valence-electron chi connectivity index (χ0n) is 19.5. The smallest absolute Gasteiger partial charge is 0.328 e. The Bertz CT molecular complexity index is 880. The molecule has 3 atom stereocenters. The third kappa shape index (κ3) is 5.47. The van der Waals surface area contributed by atoms with Gasteiger partial charge in [-0.15, -0.1) is 11.3 Å². The average molecular weight is 467 g/mol. The maximum atomic E-state index is 13.1. The molecule has 3 N–H and O–H groups in total. The van der Waals surface area contributed by atoms with Crippen LogP contribution < -0.4 is 11.1 Å². The monoisotopic (exact) mass is 466 g/mol. The lowest BCUT2D eigenvalue weighted by molar-refractivity contribution is -0.166. The molecular formula is C22H34N4O5S. The van der Waals surface area contributed by atoms with Crippen LogP contribution in [0.5, 0.6) is 0 Å². The van der Waals surface area contributed by atoms with Crippen molar-refractivity contribution < 1.29 is 23.9 Å². The fourth-order valence-corrected chi connectivity index (χ4v) is 5.27. The molecule has 32 heavy (non-hydrogen) atoms. The number of hydrogen-bond donors (Lipinski definition) is 2. The van der Waals surface area contributed by atoms with Gasteiger partial charge in [-0.2, -0.15) is 0 Å². The SMILES string of the molecule is CCOC(=O)C1CCC(NC(=O)c2nc3c(s2)CN(C)CC3)C(N)(C(=O)OC(C)(C)C)C1. The van der Waals surface area contributed by atoms with Gasteiger partial charge >= 0.3 is 11.9 Å². The Morgan fingerprint density at radius 1 is 1.31 bits per heavy atom. The Hall–Kier alpha value is -2.04. The van der Waals surface area contributed by atoms with E-state index in [2.05, 4.69) is 15.2 Å². The molecule has 1 saturated carbocycles. The number of aromatic nitrogens is 1. The van der Waals surface area contributed by atoms with Gasteiger partial charge in [-0.1, -0.05) is 0 Å². The van der Waals surface area contributed by atoms with Crippen molar-refractivity contribution in [3.8, 4) is 0 Å². The fourth-order valence-electron chi connectivity index (χ4n) is 4.18. The molecule has 2 heterocycles. The van der Waals surface area contributed by atoms with Crippen LogP contribution in [0.1, 0.15) is 67.3 Å². The summed E-state index contributed by atoms with van der Waals surface area (Å²) in [6.45, 7) is 8.92. The van der Waals surface area contributed by atoms with Crippen molar-refractivity contribution in [2.45, 2.75) is 77.1 Å². The number of nitrogens with zero attached hydrogens (tertiary/aromatic N) is 2. The summed E-state index contributed by atoms with van der Waals surface area (Å²) in [5, 5.41) is 3.29. The minimum atomic E-state index is -1.55. The number of amides is 1. The standard InChI is InChI=1S/C22H34N4O5S/c1-6-30-19(28)13-7-8-16(22(23,11-13)20(29)31-21(2,3)4)25-17(27)18-24-14-9-10-26(5)12-15(14)32-18/h13,16H,6-12,23H2,1-5H3,(H,25,27). The zero-order chi connectivity index (χ0) is 23.7. The first-order valence-corrected chi connectivity index (χ1v) is 11.9. The Balaban J connectivity index is 1.80. The first-order valence-electron chi connectivity index (χ1n) is 11.1. The molecule has 3 rings (SSSR count). The number of carbonyl (C=O) groups is 3. The highest BCUT2D eigenvalue weighted by Crippen LogP contribution is 2.34. The minimum Gasteiger partial charge on any atom is -0.466 e. The lowest BCUT2D eigenvalue weighted by Gasteiger charge is -2.42. The van der Waals surface area contributed by atoms with Gasteiger partial charge in [0.05, 0.1) is 24.3 Å². The Labute approximate surface area is 193 Å². The van der Waals surface area contributed by atoms with E-state index in [1.54, 1.807) is 27.7 Å². The lowest BCUT2D eigenvalue weighted by Crippen LogP contribution is -2.67. The summed E-state index contributed by atoms with van der Waals surface area (Å²) >= 11 is 1.37. The Kier molecular flexibility index (Phi) is 7.26. The van der Waals surface area contributed by atoms with Crippen molar-refractivity contribution in [2.24, 2.45) is 11.7 Å². The predicted octanol–water partition coefficient (Wildman–Crippen LogP) is 1.63. The van der Waals surface area contributed by atoms with E-state index in [-0.39, 0.29) is 24.9 Å². The van der Waals surface area contributed by atoms with Crippen LogP contribution in [0.15, 0.2) is 0 Å². The summed E-state index contributed by atoms with van der Waals surface area (Å²) in [5.74, 6) is -1.90. The van der Waals surface area contributed by atoms with Gasteiger partial charge in [0.25, 0.3) is 5.91 Å². The number of nitrogens with two attached hydrogens (primary N) is 1. The molecule has 1 aliphatic carbocycles. The molecule has 3 unspecified atom stereocenters. The number of likely N-dealkylation sites (N-methyl/N-ethyl adjacent to an activating group) is 1. The number of rotatable bonds is 5. The van der Waals surface area contributed by atoms with E-state index < -0.39 is 29.1 Å². The van der Waals surface area contributed by atoms with Crippen LogP contribution in [0, 0.1) is 5.92 Å². The van der Waals surface area contributed by atoms with E-state index in [0.29, 0.717) is 17.8 Å². The largest absolute Gasteiger partial charge is 0.466 e. The molecule has 9 nitrogen and oxygen atoms in total. The second-order valence-corrected chi connectivity index (χ2v) is 10.8. The molecule has 1 fully saturated rings. The molecule has 10 heteroatoms. The van der Waals surface area contributed by atoms with Gasteiger partial charge in [0, 0.05) is 24.4 Å². The highest BCUT2D eigenvalue weighted by atomic mass is 32.1. The number of nitrogens with one attached hydrogen (secondary N) is 1. The highest BCUT2D eigenvalue weighted by molar-refractivity contribution is 7.13. The van der Waals surface area contributed by atoms with Crippen molar-refractivity contribution >= 4 is 29.2 Å². The van der Waals surface area contributed by atoms with Gasteiger partial charge in [0.1, 0.15) is 11.1 Å². The van der Waals surface area contributed by atoms with Crippen molar-refractivity contribution in [2.75, 3.05) is 20.2 Å². The predicted molar refractivity (Wildman–Crippen MR) is 120 cm³/mol. The number of fused-ring (bicyclic) bond motifs is 1. The van der Waals surface area contributed by atoms with Gasteiger partial charge < -0.3 is 25.4 Å². The van der Waals surface area contributed by atoms with Crippen molar-refractivity contribution in [1.29, 1.82) is 0 Å². The third-order valence-corrected chi connectivity index (χ3v) is 6.91. The molecule has 1 aromatic heterocycles. The van der Waals surface area contributed by atoms with Gasteiger partial charge in [-0.3, -0.25) is 9.59 Å². The van der Waals surface area contributed by atoms with Crippen LogP contribution in [-0.4, -0.2) is 65.1 Å². The van der Waals surface area contributed by atoms with Crippen LogP contribution >= 0.6 is 11.3 Å². The van der Waals surface area contributed by atoms with E-state index in [4.69, 9.17) is 15.2 Å². The first kappa shape index (κ1) is 24.6. The van der Waals surface area contributed by atoms with Crippen molar-refractivity contribution in [3.05, 3.63) is 15.6 Å². The molecule has 0 bridgehead atoms. The normalized spacial score (nSPS) is 26.2. The van der Waals surface area contributed by atoms with E-state index in [1.807, 2.05) is 7.05 Å². The maximum Gasteiger partial charge on any atom is 0.328 e. The maximum absolute atomic E-state index is 13.1. The van der Waals surface area contributed by atoms with Crippen LogP contribution in [0.25, 0.3) is 0 Å². The summed E-state index contributed by atoms with van der Waals surface area (Å²) in [7, 11) is 2.04. The first-order chi connectivity index (χ1) is 14.9. The van der Waals surface area contributed by atoms with E-state index in [1.165, 1.54) is 11.3 Å². The Morgan fingerprint density at radius 2 is 2.03 bits per heavy atom. The van der Waals surface area contributed by atoms with Crippen LogP contribution in [-0.2, 0) is 32.0 Å². The number of esters is 2. The van der Waals surface area contributed by atoms with Crippen molar-refractivity contribution in [3.63, 3.8) is 0 Å². The number of ether oxygens (including phenoxy) is 2. The third-order valence-electron chi connectivity index (χ3n) is 5.83. The highest BCUT2D eigenvalue weighted by Gasteiger charge is 2.51. The minimum absolute atomic E-state index is 0.0465. The zero-order valence-corrected chi connectivity index (χ0v) is 20.3. The molecule has 1 amide bonds.